The van der Waals surface area contributed by atoms with Gasteiger partial charge in [-0.1, -0.05) is 0 Å². The van der Waals surface area contributed by atoms with Gasteiger partial charge in [0.15, 0.2) is 0 Å². The smallest absolute Gasteiger partial charge is 0.417 e. The molecule has 0 spiro atoms. The van der Waals surface area contributed by atoms with Crippen LogP contribution in [0, 0.1) is 0 Å². The second-order valence-electron chi connectivity index (χ2n) is 3.97. The van der Waals surface area contributed by atoms with E-state index >= 15 is 0 Å². The molecule has 1 amide bonds. The predicted octanol–water partition coefficient (Wildman–Crippen LogP) is -2.20. The van der Waals surface area contributed by atoms with Crippen molar-refractivity contribution in [1.29, 1.82) is 0 Å². The maximum atomic E-state index is 11.7. The number of esters is 1. The van der Waals surface area contributed by atoms with Crippen molar-refractivity contribution < 1.29 is 29.3 Å². The number of aliphatic carboxylic acids is 1. The Labute approximate surface area is 104 Å². The monoisotopic (exact) mass is 260 g/mol. The van der Waals surface area contributed by atoms with Gasteiger partial charge in [0.1, 0.15) is 12.7 Å². The van der Waals surface area contributed by atoms with E-state index in [1.165, 1.54) is 11.8 Å². The molecule has 18 heavy (non-hydrogen) atoms. The highest BCUT2D eigenvalue weighted by atomic mass is 16.6. The van der Waals surface area contributed by atoms with Gasteiger partial charge in [0, 0.05) is 19.6 Å². The zero-order valence-corrected chi connectivity index (χ0v) is 9.96. The maximum absolute atomic E-state index is 11.7. The molecule has 1 aliphatic rings. The number of carbonyl (C=O) groups excluding carboxylic acids is 2. The van der Waals surface area contributed by atoms with E-state index < -0.39 is 30.0 Å². The van der Waals surface area contributed by atoms with Gasteiger partial charge in [-0.25, -0.2) is 9.59 Å². The minimum absolute atomic E-state index is 0.212. The molecule has 102 valence electrons. The quantitative estimate of drug-likeness (QED) is 0.389. The van der Waals surface area contributed by atoms with Crippen LogP contribution >= 0.6 is 0 Å². The summed E-state index contributed by atoms with van der Waals surface area (Å²) in [4.78, 5) is 34.1. The third-order valence-electron chi connectivity index (χ3n) is 2.57. The van der Waals surface area contributed by atoms with Crippen molar-refractivity contribution in [2.24, 2.45) is 0 Å². The fraction of sp³-hybridized carbons (Fsp3) is 0.700. The number of piperazine rings is 1. The van der Waals surface area contributed by atoms with E-state index in [1.54, 1.807) is 0 Å². The van der Waals surface area contributed by atoms with Crippen LogP contribution in [0.4, 0.5) is 0 Å². The highest BCUT2D eigenvalue weighted by molar-refractivity contribution is 6.28. The number of ether oxygens (including phenoxy) is 1. The van der Waals surface area contributed by atoms with Crippen LogP contribution in [0.5, 0.6) is 0 Å². The van der Waals surface area contributed by atoms with Gasteiger partial charge in [0.2, 0.25) is 0 Å². The number of nitrogens with zero attached hydrogens (tertiary/aromatic N) is 1. The fourth-order valence-electron chi connectivity index (χ4n) is 1.67. The zero-order valence-electron chi connectivity index (χ0n) is 9.96. The molecule has 3 N–H and O–H groups in total. The number of carbonyl (C=O) groups is 3. The van der Waals surface area contributed by atoms with Gasteiger partial charge in [-0.2, -0.15) is 0 Å². The molecule has 2 atom stereocenters. The average Bonchev–Trinajstić information content (AvgIpc) is 2.35. The molecule has 0 aliphatic carbocycles. The topological polar surface area (TPSA) is 116 Å². The van der Waals surface area contributed by atoms with Crippen molar-refractivity contribution in [1.82, 2.24) is 10.2 Å². The number of aliphatic hydroxyl groups excluding tert-OH is 1. The molecule has 2 unspecified atom stereocenters. The Morgan fingerprint density at radius 1 is 1.50 bits per heavy atom. The van der Waals surface area contributed by atoms with Crippen molar-refractivity contribution in [3.8, 4) is 0 Å². The predicted molar refractivity (Wildman–Crippen MR) is 58.6 cm³/mol. The second-order valence-corrected chi connectivity index (χ2v) is 3.97. The van der Waals surface area contributed by atoms with E-state index in [0.717, 1.165) is 0 Å². The van der Waals surface area contributed by atoms with E-state index in [-0.39, 0.29) is 6.61 Å². The Balaban J connectivity index is 2.57. The minimum atomic E-state index is -1.67. The minimum Gasteiger partial charge on any atom is -0.473 e. The SMILES string of the molecule is CC(O)C(=O)N1CCNCC1COC(=O)C(=O)O. The number of hydrogen-bond donors (Lipinski definition) is 3. The summed E-state index contributed by atoms with van der Waals surface area (Å²) in [6.45, 7) is 2.47. The summed E-state index contributed by atoms with van der Waals surface area (Å²) in [5, 5.41) is 20.6. The lowest BCUT2D eigenvalue weighted by Gasteiger charge is -2.36. The van der Waals surface area contributed by atoms with Crippen molar-refractivity contribution >= 4 is 17.8 Å². The molecule has 0 aromatic carbocycles. The molecule has 0 aromatic rings. The first-order valence-electron chi connectivity index (χ1n) is 5.52. The molecule has 0 radical (unpaired) electrons. The first kappa shape index (κ1) is 14.4. The second kappa shape index (κ2) is 6.31. The van der Waals surface area contributed by atoms with E-state index in [1.807, 2.05) is 0 Å². The molecule has 1 rings (SSSR count). The third kappa shape index (κ3) is 3.67. The summed E-state index contributed by atoms with van der Waals surface area (Å²) < 4.78 is 4.55. The van der Waals surface area contributed by atoms with Gasteiger partial charge in [-0.15, -0.1) is 0 Å². The van der Waals surface area contributed by atoms with Crippen LogP contribution in [-0.4, -0.2) is 71.3 Å². The first-order valence-corrected chi connectivity index (χ1v) is 5.52. The Morgan fingerprint density at radius 2 is 2.17 bits per heavy atom. The average molecular weight is 260 g/mol. The molecule has 1 heterocycles. The molecular formula is C10H16N2O6. The van der Waals surface area contributed by atoms with Gasteiger partial charge in [0.05, 0.1) is 6.04 Å². The summed E-state index contributed by atoms with van der Waals surface area (Å²) in [7, 11) is 0. The highest BCUT2D eigenvalue weighted by Gasteiger charge is 2.30. The van der Waals surface area contributed by atoms with Gasteiger partial charge in [-0.3, -0.25) is 4.79 Å². The van der Waals surface area contributed by atoms with Gasteiger partial charge >= 0.3 is 11.9 Å². The molecular weight excluding hydrogens is 244 g/mol. The van der Waals surface area contributed by atoms with E-state index in [0.29, 0.717) is 19.6 Å². The van der Waals surface area contributed by atoms with Crippen molar-refractivity contribution in [2.75, 3.05) is 26.2 Å². The van der Waals surface area contributed by atoms with Crippen LogP contribution < -0.4 is 5.32 Å². The summed E-state index contributed by atoms with van der Waals surface area (Å²) in [6, 6.07) is -0.468. The Hall–Kier alpha value is -1.67. The number of hydrogen-bond acceptors (Lipinski definition) is 6. The number of aliphatic hydroxyl groups is 1. The third-order valence-corrected chi connectivity index (χ3v) is 2.57. The largest absolute Gasteiger partial charge is 0.473 e. The maximum Gasteiger partial charge on any atom is 0.417 e. The molecule has 0 bridgehead atoms. The molecule has 8 nitrogen and oxygen atoms in total. The number of carboxylic acid groups (broad SMARTS) is 1. The summed E-state index contributed by atoms with van der Waals surface area (Å²) in [6.07, 6.45) is -1.14. The summed E-state index contributed by atoms with van der Waals surface area (Å²) >= 11 is 0. The number of rotatable bonds is 3. The Morgan fingerprint density at radius 3 is 2.72 bits per heavy atom. The van der Waals surface area contributed by atoms with Gasteiger partial charge < -0.3 is 25.2 Å². The van der Waals surface area contributed by atoms with Crippen molar-refractivity contribution in [3.63, 3.8) is 0 Å². The normalized spacial score (nSPS) is 21.2. The number of amides is 1. The van der Waals surface area contributed by atoms with Crippen LogP contribution in [0.25, 0.3) is 0 Å². The molecule has 8 heteroatoms. The summed E-state index contributed by atoms with van der Waals surface area (Å²) in [5.41, 5.74) is 0. The lowest BCUT2D eigenvalue weighted by molar-refractivity contribution is -0.166. The summed E-state index contributed by atoms with van der Waals surface area (Å²) in [5.74, 6) is -3.50. The van der Waals surface area contributed by atoms with Crippen LogP contribution in [0.3, 0.4) is 0 Å². The van der Waals surface area contributed by atoms with Gasteiger partial charge in [-0.05, 0) is 6.92 Å². The van der Waals surface area contributed by atoms with E-state index in [2.05, 4.69) is 10.1 Å². The van der Waals surface area contributed by atoms with E-state index in [9.17, 15) is 19.5 Å². The fourth-order valence-corrected chi connectivity index (χ4v) is 1.67. The number of nitrogens with one attached hydrogen (secondary N) is 1. The van der Waals surface area contributed by atoms with Crippen LogP contribution in [0.15, 0.2) is 0 Å². The van der Waals surface area contributed by atoms with Crippen molar-refractivity contribution in [2.45, 2.75) is 19.1 Å². The molecule has 1 fully saturated rings. The molecule has 1 aliphatic heterocycles. The van der Waals surface area contributed by atoms with Crippen LogP contribution in [0.1, 0.15) is 6.92 Å². The van der Waals surface area contributed by atoms with Crippen LogP contribution in [-0.2, 0) is 19.1 Å². The van der Waals surface area contributed by atoms with Crippen molar-refractivity contribution in [3.05, 3.63) is 0 Å². The number of carboxylic acids is 1. The Bertz CT molecular complexity index is 343. The molecule has 0 aromatic heterocycles. The lowest BCUT2D eigenvalue weighted by Crippen LogP contribution is -2.57. The van der Waals surface area contributed by atoms with E-state index in [4.69, 9.17) is 5.11 Å². The highest BCUT2D eigenvalue weighted by Crippen LogP contribution is 2.07. The zero-order chi connectivity index (χ0) is 13.7. The lowest BCUT2D eigenvalue weighted by atomic mass is 10.2. The molecule has 1 saturated heterocycles. The van der Waals surface area contributed by atoms with Crippen LogP contribution in [0.2, 0.25) is 0 Å². The molecule has 0 saturated carbocycles. The van der Waals surface area contributed by atoms with Gasteiger partial charge in [0.25, 0.3) is 5.91 Å². The standard InChI is InChI=1S/C10H16N2O6/c1-6(13)8(14)12-3-2-11-4-7(12)5-18-10(17)9(15)16/h6-7,11,13H,2-5H2,1H3,(H,15,16). The first-order chi connectivity index (χ1) is 8.43. The Kier molecular flexibility index (Phi) is 5.05.